The van der Waals surface area contributed by atoms with Crippen molar-refractivity contribution in [3.8, 4) is 11.3 Å². The molecule has 0 saturated carbocycles. The third kappa shape index (κ3) is 2.08. The second-order valence-corrected chi connectivity index (χ2v) is 4.33. The summed E-state index contributed by atoms with van der Waals surface area (Å²) in [6.45, 7) is 4.26. The molecule has 0 atom stereocenters. The summed E-state index contributed by atoms with van der Waals surface area (Å²) in [5, 5.41) is 4.04. The molecule has 0 spiro atoms. The summed E-state index contributed by atoms with van der Waals surface area (Å²) >= 11 is 0. The first-order chi connectivity index (χ1) is 7.68. The highest BCUT2D eigenvalue weighted by Crippen LogP contribution is 2.28. The molecule has 0 radical (unpaired) electrons. The van der Waals surface area contributed by atoms with Gasteiger partial charge >= 0.3 is 0 Å². The fourth-order valence-corrected chi connectivity index (χ4v) is 1.65. The van der Waals surface area contributed by atoms with Crippen LogP contribution in [0, 0.1) is 5.92 Å². The fraction of sp³-hybridized carbons (Fsp3) is 0.308. The summed E-state index contributed by atoms with van der Waals surface area (Å²) in [4.78, 5) is 0. The Morgan fingerprint density at radius 1 is 1.25 bits per heavy atom. The number of nitrogens with two attached hydrogens (primary N) is 1. The molecule has 2 aromatic rings. The van der Waals surface area contributed by atoms with E-state index in [2.05, 4.69) is 19.0 Å². The molecule has 3 heteroatoms. The van der Waals surface area contributed by atoms with Crippen LogP contribution in [0.2, 0.25) is 0 Å². The van der Waals surface area contributed by atoms with Crippen LogP contribution >= 0.6 is 0 Å². The first-order valence-electron chi connectivity index (χ1n) is 5.48. The van der Waals surface area contributed by atoms with E-state index in [4.69, 9.17) is 10.3 Å². The number of nitrogens with zero attached hydrogens (tertiary/aromatic N) is 1. The van der Waals surface area contributed by atoms with Crippen molar-refractivity contribution in [1.82, 2.24) is 5.16 Å². The van der Waals surface area contributed by atoms with E-state index in [1.165, 1.54) is 0 Å². The number of hydrogen-bond acceptors (Lipinski definition) is 3. The van der Waals surface area contributed by atoms with Crippen molar-refractivity contribution in [2.75, 3.05) is 5.73 Å². The van der Waals surface area contributed by atoms with Gasteiger partial charge in [0, 0.05) is 12.0 Å². The molecule has 0 unspecified atom stereocenters. The minimum atomic E-state index is 0.513. The topological polar surface area (TPSA) is 52.0 Å². The van der Waals surface area contributed by atoms with Crippen molar-refractivity contribution in [1.29, 1.82) is 0 Å². The summed E-state index contributed by atoms with van der Waals surface area (Å²) in [7, 11) is 0. The van der Waals surface area contributed by atoms with Gasteiger partial charge in [-0.1, -0.05) is 49.3 Å². The lowest BCUT2D eigenvalue weighted by molar-refractivity contribution is 0.371. The van der Waals surface area contributed by atoms with Crippen molar-refractivity contribution in [3.63, 3.8) is 0 Å². The molecule has 3 nitrogen and oxygen atoms in total. The number of rotatable bonds is 3. The fourth-order valence-electron chi connectivity index (χ4n) is 1.65. The van der Waals surface area contributed by atoms with E-state index in [0.717, 1.165) is 23.4 Å². The molecule has 0 amide bonds. The first kappa shape index (κ1) is 10.7. The van der Waals surface area contributed by atoms with Crippen LogP contribution in [-0.2, 0) is 6.42 Å². The minimum absolute atomic E-state index is 0.513. The standard InChI is InChI=1S/C13H16N2O/c1-9(2)8-11-12(14)13(15-16-11)10-6-4-3-5-7-10/h3-7,9H,8,14H2,1-2H3. The largest absolute Gasteiger partial charge is 0.394 e. The Bertz CT molecular complexity index is 460. The lowest BCUT2D eigenvalue weighted by atomic mass is 10.1. The second kappa shape index (κ2) is 4.39. The molecule has 1 aromatic carbocycles. The summed E-state index contributed by atoms with van der Waals surface area (Å²) in [5.41, 5.74) is 8.44. The Balaban J connectivity index is 2.34. The zero-order chi connectivity index (χ0) is 11.5. The van der Waals surface area contributed by atoms with Gasteiger partial charge in [-0.15, -0.1) is 0 Å². The Morgan fingerprint density at radius 3 is 2.56 bits per heavy atom. The molecule has 0 aliphatic rings. The van der Waals surface area contributed by atoms with Gasteiger partial charge in [-0.2, -0.15) is 0 Å². The number of benzene rings is 1. The van der Waals surface area contributed by atoms with Crippen molar-refractivity contribution >= 4 is 5.69 Å². The average Bonchev–Trinajstić information content (AvgIpc) is 2.61. The predicted molar refractivity (Wildman–Crippen MR) is 64.9 cm³/mol. The lowest BCUT2D eigenvalue weighted by Gasteiger charge is -2.01. The van der Waals surface area contributed by atoms with Crippen LogP contribution in [0.15, 0.2) is 34.9 Å². The molecule has 84 valence electrons. The van der Waals surface area contributed by atoms with Gasteiger partial charge in [0.05, 0.1) is 0 Å². The van der Waals surface area contributed by atoms with E-state index in [0.29, 0.717) is 11.6 Å². The van der Waals surface area contributed by atoms with Gasteiger partial charge in [-0.05, 0) is 5.92 Å². The van der Waals surface area contributed by atoms with Gasteiger partial charge in [0.1, 0.15) is 11.4 Å². The van der Waals surface area contributed by atoms with Crippen LogP contribution in [0.4, 0.5) is 5.69 Å². The number of nitrogen functional groups attached to an aromatic ring is 1. The maximum atomic E-state index is 6.03. The molecule has 0 bridgehead atoms. The Labute approximate surface area is 95.3 Å². The highest BCUT2D eigenvalue weighted by molar-refractivity contribution is 5.73. The summed E-state index contributed by atoms with van der Waals surface area (Å²) in [5.74, 6) is 1.30. The summed E-state index contributed by atoms with van der Waals surface area (Å²) in [6, 6.07) is 9.85. The van der Waals surface area contributed by atoms with E-state index in [1.54, 1.807) is 0 Å². The minimum Gasteiger partial charge on any atom is -0.394 e. The zero-order valence-electron chi connectivity index (χ0n) is 9.60. The number of aromatic nitrogens is 1. The highest BCUT2D eigenvalue weighted by Gasteiger charge is 2.14. The van der Waals surface area contributed by atoms with E-state index in [-0.39, 0.29) is 0 Å². The Morgan fingerprint density at radius 2 is 1.94 bits per heavy atom. The second-order valence-electron chi connectivity index (χ2n) is 4.33. The molecule has 1 heterocycles. The van der Waals surface area contributed by atoms with E-state index < -0.39 is 0 Å². The normalized spacial score (nSPS) is 10.9. The summed E-state index contributed by atoms with van der Waals surface area (Å²) < 4.78 is 5.29. The van der Waals surface area contributed by atoms with Crippen LogP contribution in [0.3, 0.4) is 0 Å². The van der Waals surface area contributed by atoms with Crippen LogP contribution in [-0.4, -0.2) is 5.16 Å². The van der Waals surface area contributed by atoms with Gasteiger partial charge in [0.25, 0.3) is 0 Å². The number of anilines is 1. The molecular formula is C13H16N2O. The molecular weight excluding hydrogens is 200 g/mol. The molecule has 2 N–H and O–H groups in total. The lowest BCUT2D eigenvalue weighted by Crippen LogP contribution is -1.97. The van der Waals surface area contributed by atoms with Crippen molar-refractivity contribution in [3.05, 3.63) is 36.1 Å². The molecule has 0 saturated heterocycles. The highest BCUT2D eigenvalue weighted by atomic mass is 16.5. The van der Waals surface area contributed by atoms with Crippen molar-refractivity contribution < 1.29 is 4.52 Å². The number of hydrogen-bond donors (Lipinski definition) is 1. The average molecular weight is 216 g/mol. The molecule has 0 aliphatic heterocycles. The third-order valence-electron chi connectivity index (χ3n) is 2.44. The molecule has 1 aromatic heterocycles. The molecule has 2 rings (SSSR count). The van der Waals surface area contributed by atoms with Crippen LogP contribution in [0.1, 0.15) is 19.6 Å². The molecule has 16 heavy (non-hydrogen) atoms. The zero-order valence-corrected chi connectivity index (χ0v) is 9.60. The first-order valence-corrected chi connectivity index (χ1v) is 5.48. The quantitative estimate of drug-likeness (QED) is 0.857. The summed E-state index contributed by atoms with van der Waals surface area (Å²) in [6.07, 6.45) is 0.825. The van der Waals surface area contributed by atoms with E-state index >= 15 is 0 Å². The van der Waals surface area contributed by atoms with Gasteiger partial charge in [0.2, 0.25) is 0 Å². The van der Waals surface area contributed by atoms with Gasteiger partial charge < -0.3 is 10.3 Å². The van der Waals surface area contributed by atoms with E-state index in [1.807, 2.05) is 30.3 Å². The van der Waals surface area contributed by atoms with Crippen LogP contribution in [0.5, 0.6) is 0 Å². The Kier molecular flexibility index (Phi) is 2.95. The monoisotopic (exact) mass is 216 g/mol. The maximum Gasteiger partial charge on any atom is 0.160 e. The van der Waals surface area contributed by atoms with Gasteiger partial charge in [0.15, 0.2) is 5.76 Å². The maximum absolute atomic E-state index is 6.03. The Hall–Kier alpha value is -1.77. The van der Waals surface area contributed by atoms with Crippen molar-refractivity contribution in [2.45, 2.75) is 20.3 Å². The van der Waals surface area contributed by atoms with Gasteiger partial charge in [-0.3, -0.25) is 0 Å². The van der Waals surface area contributed by atoms with Crippen molar-refractivity contribution in [2.24, 2.45) is 5.92 Å². The van der Waals surface area contributed by atoms with Gasteiger partial charge in [-0.25, -0.2) is 0 Å². The third-order valence-corrected chi connectivity index (χ3v) is 2.44. The predicted octanol–water partition coefficient (Wildman–Crippen LogP) is 3.12. The van der Waals surface area contributed by atoms with Crippen LogP contribution < -0.4 is 5.73 Å². The smallest absolute Gasteiger partial charge is 0.160 e. The van der Waals surface area contributed by atoms with E-state index in [9.17, 15) is 0 Å². The molecule has 0 aliphatic carbocycles. The SMILES string of the molecule is CC(C)Cc1onc(-c2ccccc2)c1N. The van der Waals surface area contributed by atoms with Crippen LogP contribution in [0.25, 0.3) is 11.3 Å². The molecule has 0 fully saturated rings.